The van der Waals surface area contributed by atoms with Crippen LogP contribution in [0.1, 0.15) is 68.6 Å². The molecule has 2 aromatic rings. The second-order valence-corrected chi connectivity index (χ2v) is 10.9. The van der Waals surface area contributed by atoms with Crippen molar-refractivity contribution >= 4 is 29.3 Å². The highest BCUT2D eigenvalue weighted by Gasteiger charge is 2.39. The average Bonchev–Trinajstić information content (AvgIpc) is 2.79. The molecule has 33 heavy (non-hydrogen) atoms. The number of nitrogens with zero attached hydrogens (tertiary/aromatic N) is 1. The van der Waals surface area contributed by atoms with E-state index in [1.165, 1.54) is 43.2 Å². The Bertz CT molecular complexity index is 997. The van der Waals surface area contributed by atoms with Crippen molar-refractivity contribution in [3.63, 3.8) is 0 Å². The summed E-state index contributed by atoms with van der Waals surface area (Å²) in [6.45, 7) is 6.61. The van der Waals surface area contributed by atoms with Gasteiger partial charge in [0.25, 0.3) is 0 Å². The van der Waals surface area contributed by atoms with Gasteiger partial charge in [0.1, 0.15) is 5.25 Å². The highest BCUT2D eigenvalue weighted by molar-refractivity contribution is 8.01. The highest BCUT2D eigenvalue weighted by atomic mass is 32.2. The van der Waals surface area contributed by atoms with Gasteiger partial charge in [0.15, 0.2) is 0 Å². The molecule has 176 valence electrons. The van der Waals surface area contributed by atoms with Gasteiger partial charge in [0, 0.05) is 10.9 Å². The monoisotopic (exact) mass is 464 g/mol. The van der Waals surface area contributed by atoms with Crippen molar-refractivity contribution < 1.29 is 9.59 Å². The van der Waals surface area contributed by atoms with Gasteiger partial charge in [-0.3, -0.25) is 9.59 Å². The molecule has 5 heteroatoms. The number of benzene rings is 2. The summed E-state index contributed by atoms with van der Waals surface area (Å²) in [6, 6.07) is 14.7. The van der Waals surface area contributed by atoms with E-state index < -0.39 is 5.25 Å². The van der Waals surface area contributed by atoms with Crippen molar-refractivity contribution in [3.8, 4) is 0 Å². The summed E-state index contributed by atoms with van der Waals surface area (Å²) >= 11 is 1.54. The lowest BCUT2D eigenvalue weighted by Gasteiger charge is -2.36. The van der Waals surface area contributed by atoms with E-state index in [-0.39, 0.29) is 23.8 Å². The quantitative estimate of drug-likeness (QED) is 0.575. The zero-order valence-electron chi connectivity index (χ0n) is 20.1. The Morgan fingerprint density at radius 3 is 2.52 bits per heavy atom. The van der Waals surface area contributed by atoms with Crippen LogP contribution in [-0.2, 0) is 16.1 Å². The lowest BCUT2D eigenvalue weighted by atomic mass is 9.95. The summed E-state index contributed by atoms with van der Waals surface area (Å²) in [6.07, 6.45) is 8.25. The van der Waals surface area contributed by atoms with Crippen molar-refractivity contribution in [3.05, 3.63) is 59.2 Å². The van der Waals surface area contributed by atoms with Crippen LogP contribution in [0.4, 0.5) is 5.69 Å². The summed E-state index contributed by atoms with van der Waals surface area (Å²) in [5, 5.41) is 2.87. The molecule has 1 aliphatic carbocycles. The molecule has 2 amide bonds. The molecule has 1 heterocycles. The molecular formula is C28H36N2O2S. The molecule has 4 nitrogen and oxygen atoms in total. The Hall–Kier alpha value is -2.27. The van der Waals surface area contributed by atoms with Crippen LogP contribution in [-0.4, -0.2) is 23.1 Å². The van der Waals surface area contributed by atoms with E-state index in [1.54, 1.807) is 11.8 Å². The van der Waals surface area contributed by atoms with Gasteiger partial charge in [-0.15, -0.1) is 11.8 Å². The molecule has 2 atom stereocenters. The number of amides is 2. The van der Waals surface area contributed by atoms with Crippen LogP contribution in [0.2, 0.25) is 0 Å². The van der Waals surface area contributed by atoms with Crippen LogP contribution >= 0.6 is 11.8 Å². The molecule has 0 saturated heterocycles. The Labute approximate surface area is 202 Å². The molecule has 1 N–H and O–H groups in total. The first-order chi connectivity index (χ1) is 15.9. The number of fused-ring (bicyclic) bond motifs is 1. The van der Waals surface area contributed by atoms with Gasteiger partial charge in [-0.05, 0) is 49.9 Å². The number of thioether (sulfide) groups is 1. The summed E-state index contributed by atoms with van der Waals surface area (Å²) in [5.41, 5.74) is 4.45. The van der Waals surface area contributed by atoms with Crippen LogP contribution in [0, 0.1) is 19.8 Å². The van der Waals surface area contributed by atoms with E-state index in [0.29, 0.717) is 6.54 Å². The maximum absolute atomic E-state index is 13.8. The fraction of sp³-hybridized carbons (Fsp3) is 0.500. The number of nitrogens with one attached hydrogen (secondary N) is 1. The third-order valence-electron chi connectivity index (χ3n) is 7.07. The van der Waals surface area contributed by atoms with Gasteiger partial charge in [-0.1, -0.05) is 74.9 Å². The number of hydrogen-bond acceptors (Lipinski definition) is 3. The average molecular weight is 465 g/mol. The molecule has 0 spiro atoms. The van der Waals surface area contributed by atoms with Gasteiger partial charge in [0.05, 0.1) is 18.2 Å². The molecule has 1 fully saturated rings. The minimum Gasteiger partial charge on any atom is -0.353 e. The number of hydrogen-bond donors (Lipinski definition) is 1. The standard InChI is InChI=1S/C28H36N2O2S/c1-19-15-16-20(2)22(17-19)18-30-24-13-9-10-14-25(24)33-26(28(30)32)21(3)27(31)29-23-11-7-5-4-6-8-12-23/h9-10,13-17,21,23,26H,4-8,11-12,18H2,1-3H3,(H,29,31)/t21-,26+/m1/s1. The van der Waals surface area contributed by atoms with E-state index in [4.69, 9.17) is 0 Å². The minimum atomic E-state index is -0.418. The molecule has 4 rings (SSSR count). The molecule has 2 aromatic carbocycles. The largest absolute Gasteiger partial charge is 0.353 e. The summed E-state index contributed by atoms with van der Waals surface area (Å²) in [5.74, 6) is -0.347. The number of anilines is 1. The molecule has 0 unspecified atom stereocenters. The van der Waals surface area contributed by atoms with Crippen molar-refractivity contribution in [1.29, 1.82) is 0 Å². The first-order valence-electron chi connectivity index (χ1n) is 12.4. The van der Waals surface area contributed by atoms with Crippen LogP contribution in [0.3, 0.4) is 0 Å². The van der Waals surface area contributed by atoms with Gasteiger partial charge < -0.3 is 10.2 Å². The second-order valence-electron chi connectivity index (χ2n) is 9.70. The lowest BCUT2D eigenvalue weighted by molar-refractivity contribution is -0.129. The SMILES string of the molecule is Cc1ccc(C)c(CN2C(=O)[C@H]([C@@H](C)C(=O)NC3CCCCCCC3)Sc3ccccc32)c1. The van der Waals surface area contributed by atoms with Crippen molar-refractivity contribution in [1.82, 2.24) is 5.32 Å². The Balaban J connectivity index is 1.54. The fourth-order valence-electron chi connectivity index (χ4n) is 4.93. The summed E-state index contributed by atoms with van der Waals surface area (Å²) in [7, 11) is 0. The zero-order valence-corrected chi connectivity index (χ0v) is 20.9. The molecule has 0 bridgehead atoms. The van der Waals surface area contributed by atoms with Crippen LogP contribution in [0.25, 0.3) is 0 Å². The molecule has 2 aliphatic rings. The smallest absolute Gasteiger partial charge is 0.241 e. The Morgan fingerprint density at radius 1 is 1.06 bits per heavy atom. The number of rotatable bonds is 5. The first-order valence-corrected chi connectivity index (χ1v) is 13.3. The van der Waals surface area contributed by atoms with Gasteiger partial charge in [0.2, 0.25) is 11.8 Å². The summed E-state index contributed by atoms with van der Waals surface area (Å²) < 4.78 is 0. The minimum absolute atomic E-state index is 0.0116. The van der Waals surface area contributed by atoms with E-state index in [1.807, 2.05) is 30.0 Å². The molecule has 1 aliphatic heterocycles. The number of para-hydroxylation sites is 1. The molecule has 1 saturated carbocycles. The normalized spacial score (nSPS) is 20.5. The van der Waals surface area contributed by atoms with Crippen molar-refractivity contribution in [2.24, 2.45) is 5.92 Å². The lowest BCUT2D eigenvalue weighted by Crippen LogP contribution is -2.48. The first kappa shape index (κ1) is 23.9. The van der Waals surface area contributed by atoms with E-state index in [9.17, 15) is 9.59 Å². The molecular weight excluding hydrogens is 428 g/mol. The predicted molar refractivity (Wildman–Crippen MR) is 137 cm³/mol. The Kier molecular flexibility index (Phi) is 7.79. The number of aryl methyl sites for hydroxylation is 2. The van der Waals surface area contributed by atoms with E-state index >= 15 is 0 Å². The van der Waals surface area contributed by atoms with E-state index in [0.717, 1.165) is 29.0 Å². The third-order valence-corrected chi connectivity index (χ3v) is 8.53. The van der Waals surface area contributed by atoms with Crippen LogP contribution < -0.4 is 10.2 Å². The highest BCUT2D eigenvalue weighted by Crippen LogP contribution is 2.42. The fourth-order valence-corrected chi connectivity index (χ4v) is 6.22. The maximum Gasteiger partial charge on any atom is 0.241 e. The molecule has 0 aromatic heterocycles. The maximum atomic E-state index is 13.8. The van der Waals surface area contributed by atoms with Crippen molar-refractivity contribution in [2.45, 2.75) is 88.4 Å². The third kappa shape index (κ3) is 5.63. The van der Waals surface area contributed by atoms with Gasteiger partial charge in [-0.2, -0.15) is 0 Å². The number of carbonyl (C=O) groups excluding carboxylic acids is 2. The van der Waals surface area contributed by atoms with Gasteiger partial charge >= 0.3 is 0 Å². The number of carbonyl (C=O) groups is 2. The second kappa shape index (κ2) is 10.8. The van der Waals surface area contributed by atoms with Gasteiger partial charge in [-0.25, -0.2) is 0 Å². The van der Waals surface area contributed by atoms with Crippen LogP contribution in [0.5, 0.6) is 0 Å². The van der Waals surface area contributed by atoms with E-state index in [2.05, 4.69) is 43.4 Å². The predicted octanol–water partition coefficient (Wildman–Crippen LogP) is 6.18. The zero-order chi connectivity index (χ0) is 23.4. The Morgan fingerprint density at radius 2 is 1.76 bits per heavy atom. The summed E-state index contributed by atoms with van der Waals surface area (Å²) in [4.78, 5) is 29.9. The topological polar surface area (TPSA) is 49.4 Å². The van der Waals surface area contributed by atoms with Crippen LogP contribution in [0.15, 0.2) is 47.4 Å². The molecule has 0 radical (unpaired) electrons. The van der Waals surface area contributed by atoms with Crippen molar-refractivity contribution in [2.75, 3.05) is 4.90 Å².